The number of nitrogens with zero attached hydrogens (tertiary/aromatic N) is 2. The second-order valence-electron chi connectivity index (χ2n) is 3.51. The molecule has 17 heavy (non-hydrogen) atoms. The van der Waals surface area contributed by atoms with Gasteiger partial charge in [0.05, 0.1) is 16.4 Å². The van der Waals surface area contributed by atoms with Crippen molar-refractivity contribution in [3.63, 3.8) is 0 Å². The number of hydrogen-bond acceptors (Lipinski definition) is 5. The third-order valence-corrected chi connectivity index (χ3v) is 3.15. The van der Waals surface area contributed by atoms with Crippen molar-refractivity contribution < 1.29 is 14.8 Å². The van der Waals surface area contributed by atoms with Gasteiger partial charge < -0.3 is 5.11 Å². The Hall–Kier alpha value is -1.63. The number of nitro groups is 1. The summed E-state index contributed by atoms with van der Waals surface area (Å²) in [6, 6.07) is 0. The third-order valence-electron chi connectivity index (χ3n) is 2.22. The number of carboxylic acid groups (broad SMARTS) is 1. The average molecular weight is 256 g/mol. The quantitative estimate of drug-likeness (QED) is 0.639. The number of aromatic nitrogens is 1. The first-order valence-corrected chi connectivity index (χ1v) is 5.98. The molecular weight excluding hydrogens is 244 g/mol. The standard InChI is InChI=1S/C10H12N2O4S/c1-6-3-11-8(4-17-5-9(13)14)7(2)10(6)12(15)16/h3H,4-5H2,1-2H3,(H,13,14). The first-order valence-electron chi connectivity index (χ1n) is 4.82. The minimum atomic E-state index is -0.908. The van der Waals surface area contributed by atoms with Crippen molar-refractivity contribution in [1.29, 1.82) is 0 Å². The summed E-state index contributed by atoms with van der Waals surface area (Å²) in [7, 11) is 0. The van der Waals surface area contributed by atoms with Gasteiger partial charge in [-0.2, -0.15) is 0 Å². The number of aliphatic carboxylic acids is 1. The Balaban J connectivity index is 2.91. The summed E-state index contributed by atoms with van der Waals surface area (Å²) < 4.78 is 0. The SMILES string of the molecule is Cc1cnc(CSCC(=O)O)c(C)c1[N+](=O)[O-]. The van der Waals surface area contributed by atoms with Gasteiger partial charge in [0.25, 0.3) is 5.69 Å². The Labute approximate surface area is 102 Å². The highest BCUT2D eigenvalue weighted by Gasteiger charge is 2.18. The number of hydrogen-bond donors (Lipinski definition) is 1. The Morgan fingerprint density at radius 3 is 2.76 bits per heavy atom. The van der Waals surface area contributed by atoms with Gasteiger partial charge in [-0.05, 0) is 13.8 Å². The molecule has 0 aliphatic rings. The molecule has 0 atom stereocenters. The van der Waals surface area contributed by atoms with Crippen molar-refractivity contribution in [2.24, 2.45) is 0 Å². The van der Waals surface area contributed by atoms with E-state index in [9.17, 15) is 14.9 Å². The molecule has 0 bridgehead atoms. The summed E-state index contributed by atoms with van der Waals surface area (Å²) in [4.78, 5) is 24.9. The summed E-state index contributed by atoms with van der Waals surface area (Å²) >= 11 is 1.17. The van der Waals surface area contributed by atoms with Crippen LogP contribution in [0.5, 0.6) is 0 Å². The fourth-order valence-corrected chi connectivity index (χ4v) is 2.19. The topological polar surface area (TPSA) is 93.3 Å². The van der Waals surface area contributed by atoms with E-state index in [4.69, 9.17) is 5.11 Å². The Morgan fingerprint density at radius 2 is 2.24 bits per heavy atom. The highest BCUT2D eigenvalue weighted by molar-refractivity contribution is 7.99. The van der Waals surface area contributed by atoms with Crippen LogP contribution in [0.1, 0.15) is 16.8 Å². The number of aryl methyl sites for hydroxylation is 1. The molecule has 0 saturated carbocycles. The molecule has 0 amide bonds. The molecule has 92 valence electrons. The van der Waals surface area contributed by atoms with Crippen molar-refractivity contribution in [2.45, 2.75) is 19.6 Å². The normalized spacial score (nSPS) is 10.2. The predicted molar refractivity (Wildman–Crippen MR) is 64.2 cm³/mol. The highest BCUT2D eigenvalue weighted by atomic mass is 32.2. The van der Waals surface area contributed by atoms with Crippen LogP contribution in [0.25, 0.3) is 0 Å². The van der Waals surface area contributed by atoms with Gasteiger partial charge in [-0.1, -0.05) is 0 Å². The first-order chi connectivity index (χ1) is 7.93. The van der Waals surface area contributed by atoms with E-state index in [0.717, 1.165) is 0 Å². The van der Waals surface area contributed by atoms with Crippen molar-refractivity contribution in [2.75, 3.05) is 5.75 Å². The zero-order valence-electron chi connectivity index (χ0n) is 9.47. The van der Waals surface area contributed by atoms with Crippen LogP contribution in [0.3, 0.4) is 0 Å². The molecule has 0 aliphatic carbocycles. The largest absolute Gasteiger partial charge is 0.481 e. The van der Waals surface area contributed by atoms with Crippen LogP contribution in [0, 0.1) is 24.0 Å². The van der Waals surface area contributed by atoms with Gasteiger partial charge in [0, 0.05) is 23.1 Å². The van der Waals surface area contributed by atoms with Gasteiger partial charge in [-0.25, -0.2) is 0 Å². The molecule has 0 aliphatic heterocycles. The molecule has 1 N–H and O–H groups in total. The van der Waals surface area contributed by atoms with Crippen molar-refractivity contribution in [3.05, 3.63) is 33.1 Å². The van der Waals surface area contributed by atoms with E-state index in [0.29, 0.717) is 22.6 Å². The lowest BCUT2D eigenvalue weighted by Crippen LogP contribution is -2.03. The maximum Gasteiger partial charge on any atom is 0.313 e. The van der Waals surface area contributed by atoms with Crippen LogP contribution >= 0.6 is 11.8 Å². The number of carboxylic acids is 1. The van der Waals surface area contributed by atoms with E-state index in [-0.39, 0.29) is 11.4 Å². The second kappa shape index (κ2) is 5.62. The van der Waals surface area contributed by atoms with Crippen molar-refractivity contribution in [3.8, 4) is 0 Å². The minimum Gasteiger partial charge on any atom is -0.481 e. The van der Waals surface area contributed by atoms with E-state index in [1.165, 1.54) is 18.0 Å². The van der Waals surface area contributed by atoms with Gasteiger partial charge in [-0.3, -0.25) is 19.9 Å². The molecule has 6 nitrogen and oxygen atoms in total. The number of pyridine rings is 1. The molecule has 0 fully saturated rings. The van der Waals surface area contributed by atoms with Crippen LogP contribution in [-0.4, -0.2) is 26.7 Å². The summed E-state index contributed by atoms with van der Waals surface area (Å²) in [6.45, 7) is 3.26. The van der Waals surface area contributed by atoms with Crippen LogP contribution in [0.15, 0.2) is 6.20 Å². The molecule has 1 heterocycles. The lowest BCUT2D eigenvalue weighted by atomic mass is 10.1. The zero-order chi connectivity index (χ0) is 13.0. The number of carbonyl (C=O) groups is 1. The zero-order valence-corrected chi connectivity index (χ0v) is 10.3. The molecule has 0 aromatic carbocycles. The predicted octanol–water partition coefficient (Wildman–Crippen LogP) is 1.92. The van der Waals surface area contributed by atoms with E-state index >= 15 is 0 Å². The van der Waals surface area contributed by atoms with Crippen LogP contribution in [-0.2, 0) is 10.5 Å². The van der Waals surface area contributed by atoms with Crippen molar-refractivity contribution >= 4 is 23.4 Å². The van der Waals surface area contributed by atoms with E-state index in [1.807, 2.05) is 0 Å². The van der Waals surface area contributed by atoms with E-state index in [2.05, 4.69) is 4.98 Å². The van der Waals surface area contributed by atoms with Crippen LogP contribution < -0.4 is 0 Å². The Kier molecular flexibility index (Phi) is 4.45. The Morgan fingerprint density at radius 1 is 1.59 bits per heavy atom. The first kappa shape index (κ1) is 13.4. The summed E-state index contributed by atoms with van der Waals surface area (Å²) in [5.41, 5.74) is 1.65. The molecule has 1 aromatic rings. The molecule has 7 heteroatoms. The fourth-order valence-electron chi connectivity index (χ4n) is 1.43. The maximum atomic E-state index is 10.9. The molecule has 1 rings (SSSR count). The second-order valence-corrected chi connectivity index (χ2v) is 4.49. The van der Waals surface area contributed by atoms with Crippen LogP contribution in [0.4, 0.5) is 5.69 Å². The van der Waals surface area contributed by atoms with Crippen molar-refractivity contribution in [1.82, 2.24) is 4.98 Å². The lowest BCUT2D eigenvalue weighted by Gasteiger charge is -2.06. The van der Waals surface area contributed by atoms with E-state index in [1.54, 1.807) is 13.8 Å². The molecule has 0 radical (unpaired) electrons. The fraction of sp³-hybridized carbons (Fsp3) is 0.400. The smallest absolute Gasteiger partial charge is 0.313 e. The average Bonchev–Trinajstić information content (AvgIpc) is 2.20. The van der Waals surface area contributed by atoms with Gasteiger partial charge in [-0.15, -0.1) is 11.8 Å². The van der Waals surface area contributed by atoms with Gasteiger partial charge in [0.2, 0.25) is 0 Å². The molecule has 0 saturated heterocycles. The molecule has 0 spiro atoms. The summed E-state index contributed by atoms with van der Waals surface area (Å²) in [5, 5.41) is 19.4. The lowest BCUT2D eigenvalue weighted by molar-refractivity contribution is -0.386. The maximum absolute atomic E-state index is 10.9. The molecule has 0 unspecified atom stereocenters. The monoisotopic (exact) mass is 256 g/mol. The highest BCUT2D eigenvalue weighted by Crippen LogP contribution is 2.26. The van der Waals surface area contributed by atoms with E-state index < -0.39 is 10.9 Å². The Bertz CT molecular complexity index is 462. The van der Waals surface area contributed by atoms with Crippen LogP contribution in [0.2, 0.25) is 0 Å². The molecule has 1 aromatic heterocycles. The van der Waals surface area contributed by atoms with Gasteiger partial charge in [0.15, 0.2) is 0 Å². The number of thioether (sulfide) groups is 1. The summed E-state index contributed by atoms with van der Waals surface area (Å²) in [6.07, 6.45) is 1.45. The van der Waals surface area contributed by atoms with Gasteiger partial charge >= 0.3 is 5.97 Å². The third kappa shape index (κ3) is 3.42. The summed E-state index contributed by atoms with van der Waals surface area (Å²) in [5.74, 6) is -0.587. The van der Waals surface area contributed by atoms with Gasteiger partial charge in [0.1, 0.15) is 0 Å². The molecular formula is C10H12N2O4S. The minimum absolute atomic E-state index is 0.0389. The number of rotatable bonds is 5.